The average Bonchev–Trinajstić information content (AvgIpc) is 2.46. The van der Waals surface area contributed by atoms with Crippen molar-refractivity contribution in [1.29, 1.82) is 0 Å². The molecule has 0 spiro atoms. The fraction of sp³-hybridized carbons (Fsp3) is 0.625. The van der Waals surface area contributed by atoms with E-state index in [2.05, 4.69) is 5.32 Å². The van der Waals surface area contributed by atoms with Crippen LogP contribution < -0.4 is 14.8 Å². The highest BCUT2D eigenvalue weighted by Crippen LogP contribution is 2.41. The van der Waals surface area contributed by atoms with Crippen LogP contribution >= 0.6 is 0 Å². The number of ether oxygens (including phenoxy) is 2. The predicted molar refractivity (Wildman–Crippen MR) is 77.2 cm³/mol. The Morgan fingerprint density at radius 1 is 1.05 bits per heavy atom. The Bertz CT molecular complexity index is 454. The van der Waals surface area contributed by atoms with Crippen molar-refractivity contribution in [3.8, 4) is 11.5 Å². The summed E-state index contributed by atoms with van der Waals surface area (Å²) >= 11 is 0. The number of aliphatic hydroxyl groups is 1. The van der Waals surface area contributed by atoms with Crippen molar-refractivity contribution < 1.29 is 14.6 Å². The summed E-state index contributed by atoms with van der Waals surface area (Å²) in [5.41, 5.74) is 0.134. The Labute approximate surface area is 120 Å². The quantitative estimate of drug-likeness (QED) is 0.889. The van der Waals surface area contributed by atoms with Crippen LogP contribution in [0.25, 0.3) is 0 Å². The van der Waals surface area contributed by atoms with Crippen molar-refractivity contribution in [3.63, 3.8) is 0 Å². The van der Waals surface area contributed by atoms with Crippen LogP contribution in [0.5, 0.6) is 11.5 Å². The monoisotopic (exact) mass is 277 g/mol. The van der Waals surface area contributed by atoms with E-state index in [9.17, 15) is 5.11 Å². The Morgan fingerprint density at radius 2 is 1.60 bits per heavy atom. The third-order valence-electron chi connectivity index (χ3n) is 4.63. The zero-order valence-corrected chi connectivity index (χ0v) is 12.2. The predicted octanol–water partition coefficient (Wildman–Crippen LogP) is 2.20. The van der Waals surface area contributed by atoms with E-state index in [0.29, 0.717) is 12.1 Å². The molecule has 2 saturated heterocycles. The van der Waals surface area contributed by atoms with E-state index in [1.54, 1.807) is 14.2 Å². The molecule has 0 saturated carbocycles. The average molecular weight is 277 g/mol. The Morgan fingerprint density at radius 3 is 2.10 bits per heavy atom. The van der Waals surface area contributed by atoms with Crippen molar-refractivity contribution in [3.05, 3.63) is 23.8 Å². The van der Waals surface area contributed by atoms with Gasteiger partial charge in [-0.1, -0.05) is 6.42 Å². The molecule has 2 fully saturated rings. The van der Waals surface area contributed by atoms with Crippen LogP contribution in [0.1, 0.15) is 37.7 Å². The van der Waals surface area contributed by atoms with Gasteiger partial charge in [-0.15, -0.1) is 0 Å². The zero-order chi connectivity index (χ0) is 14.2. The molecule has 1 aromatic rings. The summed E-state index contributed by atoms with van der Waals surface area (Å²) in [7, 11) is 3.28. The third-order valence-corrected chi connectivity index (χ3v) is 4.63. The van der Waals surface area contributed by atoms with Gasteiger partial charge in [-0.25, -0.2) is 0 Å². The van der Waals surface area contributed by atoms with Crippen LogP contribution in [0.4, 0.5) is 0 Å². The minimum Gasteiger partial charge on any atom is -0.497 e. The molecule has 2 atom stereocenters. The van der Waals surface area contributed by atoms with Crippen molar-refractivity contribution >= 4 is 0 Å². The molecule has 20 heavy (non-hydrogen) atoms. The second-order valence-corrected chi connectivity index (χ2v) is 6.03. The Kier molecular flexibility index (Phi) is 3.61. The highest BCUT2D eigenvalue weighted by atomic mass is 16.5. The number of hydrogen-bond donors (Lipinski definition) is 2. The van der Waals surface area contributed by atoms with E-state index in [1.165, 1.54) is 6.42 Å². The molecule has 3 rings (SSSR count). The second kappa shape index (κ2) is 5.26. The summed E-state index contributed by atoms with van der Waals surface area (Å²) in [5.74, 6) is 1.47. The van der Waals surface area contributed by atoms with E-state index in [4.69, 9.17) is 9.47 Å². The first-order valence-corrected chi connectivity index (χ1v) is 7.35. The molecular weight excluding hydrogens is 254 g/mol. The summed E-state index contributed by atoms with van der Waals surface area (Å²) in [6, 6.07) is 6.55. The molecule has 2 heterocycles. The Hall–Kier alpha value is -1.26. The van der Waals surface area contributed by atoms with Crippen molar-refractivity contribution in [2.75, 3.05) is 14.2 Å². The molecule has 2 aliphatic rings. The highest BCUT2D eigenvalue weighted by Gasteiger charge is 2.42. The van der Waals surface area contributed by atoms with Gasteiger partial charge in [0, 0.05) is 18.2 Å². The molecule has 2 bridgehead atoms. The molecule has 110 valence electrons. The first kappa shape index (κ1) is 13.7. The lowest BCUT2D eigenvalue weighted by molar-refractivity contribution is -0.0361. The van der Waals surface area contributed by atoms with E-state index < -0.39 is 5.60 Å². The number of methoxy groups -OCH3 is 2. The molecule has 0 aliphatic carbocycles. The summed E-state index contributed by atoms with van der Waals surface area (Å²) in [6.07, 6.45) is 5.10. The van der Waals surface area contributed by atoms with Gasteiger partial charge in [0.05, 0.1) is 19.8 Å². The lowest BCUT2D eigenvalue weighted by atomic mass is 9.74. The first-order valence-electron chi connectivity index (χ1n) is 7.35. The normalized spacial score (nSPS) is 32.8. The van der Waals surface area contributed by atoms with Gasteiger partial charge in [0.15, 0.2) is 0 Å². The topological polar surface area (TPSA) is 50.7 Å². The van der Waals surface area contributed by atoms with Crippen LogP contribution in [-0.4, -0.2) is 31.4 Å². The largest absolute Gasteiger partial charge is 0.497 e. The number of benzene rings is 1. The maximum Gasteiger partial charge on any atom is 0.122 e. The van der Waals surface area contributed by atoms with Gasteiger partial charge in [-0.05, 0) is 43.4 Å². The molecule has 0 radical (unpaired) electrons. The molecule has 4 nitrogen and oxygen atoms in total. The van der Waals surface area contributed by atoms with Gasteiger partial charge >= 0.3 is 0 Å². The summed E-state index contributed by atoms with van der Waals surface area (Å²) in [4.78, 5) is 0. The van der Waals surface area contributed by atoms with Gasteiger partial charge in [-0.2, -0.15) is 0 Å². The van der Waals surface area contributed by atoms with Crippen LogP contribution in [-0.2, 0) is 5.60 Å². The van der Waals surface area contributed by atoms with Gasteiger partial charge < -0.3 is 19.9 Å². The van der Waals surface area contributed by atoms with Gasteiger partial charge in [0.25, 0.3) is 0 Å². The van der Waals surface area contributed by atoms with Crippen molar-refractivity contribution in [1.82, 2.24) is 5.32 Å². The number of piperidine rings is 2. The lowest BCUT2D eigenvalue weighted by Gasteiger charge is -2.45. The van der Waals surface area contributed by atoms with E-state index in [1.807, 2.05) is 18.2 Å². The van der Waals surface area contributed by atoms with Crippen LogP contribution in [0.15, 0.2) is 18.2 Å². The van der Waals surface area contributed by atoms with E-state index in [0.717, 1.165) is 42.7 Å². The minimum atomic E-state index is -0.775. The van der Waals surface area contributed by atoms with E-state index in [-0.39, 0.29) is 0 Å². The lowest BCUT2D eigenvalue weighted by Crippen LogP contribution is -2.54. The van der Waals surface area contributed by atoms with Gasteiger partial charge in [0.1, 0.15) is 11.5 Å². The molecule has 1 aromatic carbocycles. The third kappa shape index (κ3) is 2.50. The number of nitrogens with one attached hydrogen (secondary N) is 1. The summed E-state index contributed by atoms with van der Waals surface area (Å²) in [5, 5.41) is 14.7. The molecule has 0 amide bonds. The molecule has 2 unspecified atom stereocenters. The van der Waals surface area contributed by atoms with Gasteiger partial charge in [0.2, 0.25) is 0 Å². The van der Waals surface area contributed by atoms with Crippen LogP contribution in [0.2, 0.25) is 0 Å². The second-order valence-electron chi connectivity index (χ2n) is 6.03. The molecular formula is C16H23NO3. The fourth-order valence-electron chi connectivity index (χ4n) is 3.64. The molecule has 2 aliphatic heterocycles. The number of hydrogen-bond acceptors (Lipinski definition) is 4. The molecule has 4 heteroatoms. The standard InChI is InChI=1S/C16H23NO3/c1-19-14-6-11(7-15(8-14)20-2)16(18)9-12-4-3-5-13(10-16)17-12/h6-8,12-13,17-18H,3-5,9-10H2,1-2H3. The van der Waals surface area contributed by atoms with Gasteiger partial charge in [-0.3, -0.25) is 0 Å². The van der Waals surface area contributed by atoms with Crippen molar-refractivity contribution in [2.45, 2.75) is 49.8 Å². The Balaban J connectivity index is 1.94. The number of rotatable bonds is 3. The van der Waals surface area contributed by atoms with Crippen LogP contribution in [0.3, 0.4) is 0 Å². The number of fused-ring (bicyclic) bond motifs is 2. The summed E-state index contributed by atoms with van der Waals surface area (Å²) < 4.78 is 10.6. The first-order chi connectivity index (χ1) is 9.63. The summed E-state index contributed by atoms with van der Waals surface area (Å²) in [6.45, 7) is 0. The van der Waals surface area contributed by atoms with Crippen molar-refractivity contribution in [2.24, 2.45) is 0 Å². The smallest absolute Gasteiger partial charge is 0.122 e. The highest BCUT2D eigenvalue weighted by molar-refractivity contribution is 5.41. The minimum absolute atomic E-state index is 0.421. The van der Waals surface area contributed by atoms with Crippen LogP contribution in [0, 0.1) is 0 Å². The van der Waals surface area contributed by atoms with E-state index >= 15 is 0 Å². The maximum absolute atomic E-state index is 11.1. The molecule has 0 aromatic heterocycles. The maximum atomic E-state index is 11.1. The fourth-order valence-corrected chi connectivity index (χ4v) is 3.64. The SMILES string of the molecule is COc1cc(OC)cc(C2(O)CC3CCCC(C2)N3)c1. The molecule has 2 N–H and O–H groups in total. The zero-order valence-electron chi connectivity index (χ0n) is 12.2.